The zero-order valence-corrected chi connectivity index (χ0v) is 72.6. The molecule has 4 fully saturated rings. The molecule has 0 aliphatic carbocycles. The number of aliphatic hydroxyl groups excluding tert-OH is 1. The van der Waals surface area contributed by atoms with Gasteiger partial charge in [-0.05, 0) is 136 Å². The second-order valence-corrected chi connectivity index (χ2v) is 35.5. The lowest BCUT2D eigenvalue weighted by molar-refractivity contribution is -0.146. The quantitative estimate of drug-likeness (QED) is 0.0204. The van der Waals surface area contributed by atoms with Crippen molar-refractivity contribution in [1.29, 1.82) is 5.41 Å². The molecule has 4 aliphatic heterocycles. The number of aliphatic hydroxyl groups is 1. The summed E-state index contributed by atoms with van der Waals surface area (Å²) in [5.41, 5.74) is 23.3. The Bertz CT molecular complexity index is 4220. The lowest BCUT2D eigenvalue weighted by Crippen LogP contribution is -2.62. The minimum absolute atomic E-state index is 0.0416. The number of aromatic hydroxyl groups is 2. The van der Waals surface area contributed by atoms with Crippen molar-refractivity contribution in [3.8, 4) is 11.5 Å². The van der Waals surface area contributed by atoms with Crippen LogP contribution in [-0.2, 0) is 99.1 Å². The molecule has 4 heterocycles. The Morgan fingerprint density at radius 2 is 1.02 bits per heavy atom. The van der Waals surface area contributed by atoms with Gasteiger partial charge in [-0.2, -0.15) is 0 Å². The number of urea groups is 1. The van der Waals surface area contributed by atoms with Crippen LogP contribution in [0.25, 0.3) is 0 Å². The van der Waals surface area contributed by atoms with E-state index >= 15 is 38.4 Å². The van der Waals surface area contributed by atoms with Gasteiger partial charge >= 0.3 is 18.0 Å². The smallest absolute Gasteiger partial charge is 0.326 e. The van der Waals surface area contributed by atoms with Gasteiger partial charge in [0.15, 0.2) is 5.96 Å². The first-order valence-corrected chi connectivity index (χ1v) is 45.3. The maximum Gasteiger partial charge on any atom is 0.326 e. The summed E-state index contributed by atoms with van der Waals surface area (Å²) < 4.78 is 0.236. The van der Waals surface area contributed by atoms with Gasteiger partial charge in [-0.3, -0.25) is 86.9 Å². The number of hydrogen-bond acceptors (Lipinski definition) is 28. The minimum Gasteiger partial charge on any atom is -0.508 e. The number of rotatable bonds is 19. The highest BCUT2D eigenvalue weighted by Gasteiger charge is 2.43. The van der Waals surface area contributed by atoms with E-state index in [1.54, 1.807) is 22.6 Å². The van der Waals surface area contributed by atoms with Crippen LogP contribution >= 0.6 is 65.8 Å². The molecule has 51 heteroatoms. The largest absolute Gasteiger partial charge is 0.508 e. The molecule has 6 rings (SSSR count). The number of guanidine groups is 1. The van der Waals surface area contributed by atoms with Crippen molar-refractivity contribution in [2.24, 2.45) is 22.9 Å². The van der Waals surface area contributed by atoms with E-state index in [0.29, 0.717) is 21.6 Å². The van der Waals surface area contributed by atoms with Crippen LogP contribution in [0.3, 0.4) is 0 Å². The Labute approximate surface area is 739 Å². The molecule has 18 amide bonds. The van der Waals surface area contributed by atoms with Crippen LogP contribution in [0, 0.1) is 8.98 Å². The first-order valence-electron chi connectivity index (χ1n) is 39.3. The normalized spacial score (nSPS) is 26.2. The SMILES string of the molecule is C[C@@H](O)[C@@H]1NC(=O)[C@@H]2CSSC[C@@H]3NC(=O)[C@H](CCC(N)=O)NC(=O)[C@H](Cc4ccc(O)c(I)c4)NC(=O)[C@H](CCCNC(N)=O)NC(=O)[C@H](CSSC[C@H](NC(=O)CNC(=O)[C@@H](N)CCC(=O)NCCCC[C@H](C(=O)O)NC(=O)[C@H](Cc4ccc(O)cc4)NC3=O)C(=O)N2)NC(=O)[C@H](CCCNC(=N)N)NC(=O)[C@@H]2CCCN2C(=O)[C@H](CC(=O)O)NC1=O. The van der Waals surface area contributed by atoms with Crippen LogP contribution in [0.5, 0.6) is 11.5 Å². The van der Waals surface area contributed by atoms with Crippen LogP contribution in [0.2, 0.25) is 0 Å². The highest BCUT2D eigenvalue weighted by atomic mass is 127. The average molecular weight is 1930 g/mol. The van der Waals surface area contributed by atoms with Crippen LogP contribution in [0.15, 0.2) is 42.5 Å². The molecule has 0 saturated carbocycles. The van der Waals surface area contributed by atoms with Crippen LogP contribution < -0.4 is 108 Å². The van der Waals surface area contributed by atoms with Gasteiger partial charge in [-0.15, -0.1) is 0 Å². The molecule has 682 valence electrons. The number of phenolic OH excluding ortho intramolecular Hbond substituents is 2. The van der Waals surface area contributed by atoms with Gasteiger partial charge in [0.05, 0.1) is 28.7 Å². The van der Waals surface area contributed by atoms with Crippen molar-refractivity contribution < 1.29 is 117 Å². The number of carboxylic acid groups (broad SMARTS) is 2. The zero-order valence-electron chi connectivity index (χ0n) is 67.1. The van der Waals surface area contributed by atoms with Crippen molar-refractivity contribution in [3.63, 3.8) is 0 Å². The number of carbonyl (C=O) groups is 19. The number of nitrogens with two attached hydrogens (primary N) is 4. The molecule has 46 nitrogen and oxygen atoms in total. The second-order valence-electron chi connectivity index (χ2n) is 29.2. The number of primary amides is 2. The van der Waals surface area contributed by atoms with E-state index in [4.69, 9.17) is 28.3 Å². The van der Waals surface area contributed by atoms with Crippen LogP contribution in [-0.4, -0.2) is 295 Å². The number of nitrogens with zero attached hydrogens (tertiary/aromatic N) is 1. The summed E-state index contributed by atoms with van der Waals surface area (Å²) in [5.74, 6) is -25.1. The Kier molecular flexibility index (Phi) is 42.2. The maximum atomic E-state index is 15.4. The molecule has 15 atom stereocenters. The Hall–Kier alpha value is -10.9. The lowest BCUT2D eigenvalue weighted by Gasteiger charge is -2.31. The van der Waals surface area contributed by atoms with Crippen molar-refractivity contribution in [2.75, 3.05) is 55.7 Å². The summed E-state index contributed by atoms with van der Waals surface area (Å²) in [6.07, 6.45) is -7.29. The Balaban J connectivity index is 1.64. The number of nitrogens with one attached hydrogen (secondary N) is 17. The molecule has 2 aromatic carbocycles. The predicted molar refractivity (Wildman–Crippen MR) is 457 cm³/mol. The predicted octanol–water partition coefficient (Wildman–Crippen LogP) is -7.47. The third-order valence-electron chi connectivity index (χ3n) is 19.5. The van der Waals surface area contributed by atoms with E-state index in [9.17, 15) is 78.3 Å². The van der Waals surface area contributed by atoms with Crippen LogP contribution in [0.4, 0.5) is 4.79 Å². The number of carbonyl (C=O) groups excluding carboxylic acids is 17. The van der Waals surface area contributed by atoms with E-state index in [-0.39, 0.29) is 117 Å². The fraction of sp³-hybridized carbons (Fsp3) is 0.562. The average Bonchev–Trinajstić information content (AvgIpc) is 1.62. The molecule has 0 radical (unpaired) electrons. The maximum absolute atomic E-state index is 15.4. The molecule has 2 aromatic rings. The lowest BCUT2D eigenvalue weighted by atomic mass is 10.0. The van der Waals surface area contributed by atoms with E-state index in [1.165, 1.54) is 42.5 Å². The van der Waals surface area contributed by atoms with Gasteiger partial charge < -0.3 is 138 Å². The molecule has 4 aliphatic rings. The van der Waals surface area contributed by atoms with Gasteiger partial charge in [-0.1, -0.05) is 61.4 Å². The molecule has 30 N–H and O–H groups in total. The number of carboxylic acids is 2. The van der Waals surface area contributed by atoms with E-state index in [1.807, 2.05) is 0 Å². The fourth-order valence-electron chi connectivity index (χ4n) is 12.8. The van der Waals surface area contributed by atoms with Gasteiger partial charge in [0.1, 0.15) is 90.0 Å². The molecular formula is C73H105IN22O24S4. The first-order chi connectivity index (χ1) is 58.8. The highest BCUT2D eigenvalue weighted by molar-refractivity contribution is 14.1. The number of halogens is 1. The molecule has 124 heavy (non-hydrogen) atoms. The number of benzene rings is 2. The minimum atomic E-state index is -2.17. The zero-order chi connectivity index (χ0) is 91.4. The number of phenols is 2. The summed E-state index contributed by atoms with van der Waals surface area (Å²) in [4.78, 5) is 273. The van der Waals surface area contributed by atoms with Crippen molar-refractivity contribution in [3.05, 3.63) is 57.2 Å². The monoisotopic (exact) mass is 1930 g/mol. The van der Waals surface area contributed by atoms with Gasteiger partial charge in [-0.25, -0.2) is 9.59 Å². The number of hydrogen-bond donors (Lipinski definition) is 26. The standard InChI is InChI=1S/C73H105IN22O24S4/c1-34(97)57-69(116)91-46(28-56(103)104)70(117)96-24-6-10-51(96)68(115)87-41(8-4-22-81-72(77)78)60(107)92-48-31-122-121-30-47-64(111)94-50(67(114)95-57)33-124-123-32-49(93-61(108)42(17-19-53(76)100)86-62(109)45(27-36-13-18-52(99)38(74)25-36)89-59(106)40(85-65(48)112)9-5-23-82-73(79)120)66(113)90-44(26-35-11-14-37(98)15-12-35)63(110)88-43(71(118)119)7-2-3-21-80-54(101)20-16-39(75)58(105)83-29-55(102)84-47/h11-15,18,25,34,39-51,57,97-99H,2-10,16-17,19-24,26-33,75H2,1H3,(H2,76,100)(H,80,101)(H,83,105)(H,84,102)(H,85,112)(H,86,109)(H,87,115)(H,88,110)(H,89,106)(H,90,113)(H,91,116)(H,92,107)(H,93,108)(H,94,111)(H,95,114)(H,103,104)(H,118,119)(H4,77,78,81)(H3,79,82,120)/t34-,39+,40+,41+,42+,43-,44+,45+,46+,47+,48+,49+,50+,51+,57+/m1/s1. The number of fused-ring (bicyclic) bond motifs is 9. The topological polar surface area (TPSA) is 749 Å². The Morgan fingerprint density at radius 1 is 0.532 bits per heavy atom. The van der Waals surface area contributed by atoms with Crippen LogP contribution in [0.1, 0.15) is 108 Å². The van der Waals surface area contributed by atoms with Gasteiger partial charge in [0, 0.05) is 74.9 Å². The second kappa shape index (κ2) is 51.4. The molecule has 0 spiro atoms. The summed E-state index contributed by atoms with van der Waals surface area (Å²) in [7, 11) is 2.72. The summed E-state index contributed by atoms with van der Waals surface area (Å²) in [5, 5.41) is 100. The molecule has 4 saturated heterocycles. The van der Waals surface area contributed by atoms with E-state index in [2.05, 4.69) is 85.1 Å². The highest BCUT2D eigenvalue weighted by Crippen LogP contribution is 2.28. The third kappa shape index (κ3) is 34.7. The van der Waals surface area contributed by atoms with Gasteiger partial charge in [0.25, 0.3) is 0 Å². The first kappa shape index (κ1) is 102. The molecule has 4 bridgehead atoms. The number of amides is 18. The Morgan fingerprint density at radius 3 is 1.57 bits per heavy atom. The van der Waals surface area contributed by atoms with Crippen molar-refractivity contribution in [2.45, 2.75) is 200 Å². The van der Waals surface area contributed by atoms with E-state index in [0.717, 1.165) is 33.4 Å². The molecular weight excluding hydrogens is 1820 g/mol. The number of aliphatic carboxylic acids is 2. The summed E-state index contributed by atoms with van der Waals surface area (Å²) in [6.45, 7) is -0.588. The third-order valence-corrected chi connectivity index (χ3v) is 25.2. The van der Waals surface area contributed by atoms with Gasteiger partial charge in [0.2, 0.25) is 94.5 Å². The van der Waals surface area contributed by atoms with Crippen molar-refractivity contribution >= 4 is 184 Å². The molecule has 0 aromatic heterocycles. The van der Waals surface area contributed by atoms with Crippen molar-refractivity contribution in [1.82, 2.24) is 90.0 Å². The summed E-state index contributed by atoms with van der Waals surface area (Å²) >= 11 is 1.78. The molecule has 0 unspecified atom stereocenters. The summed E-state index contributed by atoms with van der Waals surface area (Å²) in [6, 6.07) is -17.4. The van der Waals surface area contributed by atoms with E-state index < -0.39 is 277 Å². The fourth-order valence-corrected chi connectivity index (χ4v) is 18.0.